The Bertz CT molecular complexity index is 516. The topological polar surface area (TPSA) is 47.7 Å². The van der Waals surface area contributed by atoms with Gasteiger partial charge in [0.05, 0.1) is 14.2 Å². The molecule has 0 bridgehead atoms. The van der Waals surface area contributed by atoms with Crippen molar-refractivity contribution in [3.63, 3.8) is 0 Å². The first-order valence-electron chi connectivity index (χ1n) is 8.34. The molecule has 4 nitrogen and oxygen atoms in total. The molecule has 0 amide bonds. The van der Waals surface area contributed by atoms with E-state index in [0.717, 1.165) is 36.9 Å². The van der Waals surface area contributed by atoms with E-state index in [1.54, 1.807) is 14.2 Å². The van der Waals surface area contributed by atoms with Crippen LogP contribution in [0.2, 0.25) is 0 Å². The van der Waals surface area contributed by atoms with Crippen molar-refractivity contribution in [2.45, 2.75) is 44.2 Å². The van der Waals surface area contributed by atoms with Gasteiger partial charge in [-0.15, -0.1) is 0 Å². The minimum atomic E-state index is 0.257. The Morgan fingerprint density at radius 3 is 2.50 bits per heavy atom. The molecule has 1 saturated carbocycles. The number of likely N-dealkylation sites (tertiary alicyclic amines) is 1. The first-order chi connectivity index (χ1) is 10.6. The molecule has 2 fully saturated rings. The van der Waals surface area contributed by atoms with Gasteiger partial charge in [-0.1, -0.05) is 6.07 Å². The Morgan fingerprint density at radius 1 is 1.14 bits per heavy atom. The largest absolute Gasteiger partial charge is 0.493 e. The number of benzene rings is 1. The van der Waals surface area contributed by atoms with Gasteiger partial charge in [-0.2, -0.15) is 0 Å². The summed E-state index contributed by atoms with van der Waals surface area (Å²) in [6.45, 7) is 4.49. The van der Waals surface area contributed by atoms with Gasteiger partial charge in [0.2, 0.25) is 0 Å². The van der Waals surface area contributed by atoms with Crippen molar-refractivity contribution in [1.82, 2.24) is 4.90 Å². The van der Waals surface area contributed by atoms with Gasteiger partial charge in [-0.3, -0.25) is 4.90 Å². The fourth-order valence-electron chi connectivity index (χ4n) is 3.73. The number of nitrogens with two attached hydrogens (primary N) is 1. The Labute approximate surface area is 133 Å². The van der Waals surface area contributed by atoms with Crippen molar-refractivity contribution >= 4 is 0 Å². The summed E-state index contributed by atoms with van der Waals surface area (Å²) in [5.41, 5.74) is 7.65. The average molecular weight is 304 g/mol. The second kappa shape index (κ2) is 6.47. The first-order valence-corrected chi connectivity index (χ1v) is 8.34. The highest BCUT2D eigenvalue weighted by Gasteiger charge is 2.36. The lowest BCUT2D eigenvalue weighted by molar-refractivity contribution is 0.130. The van der Waals surface area contributed by atoms with Crippen molar-refractivity contribution in [2.75, 3.05) is 27.3 Å². The van der Waals surface area contributed by atoms with Crippen LogP contribution in [0.3, 0.4) is 0 Å². The van der Waals surface area contributed by atoms with E-state index in [1.165, 1.54) is 18.4 Å². The predicted molar refractivity (Wildman–Crippen MR) is 88.6 cm³/mol. The second-order valence-corrected chi connectivity index (χ2v) is 6.84. The first kappa shape index (κ1) is 15.6. The fraction of sp³-hybridized carbons (Fsp3) is 0.667. The zero-order valence-electron chi connectivity index (χ0n) is 13.9. The molecule has 2 N–H and O–H groups in total. The third-order valence-electron chi connectivity index (χ3n) is 5.27. The van der Waals surface area contributed by atoms with Crippen molar-refractivity contribution in [2.24, 2.45) is 11.7 Å². The van der Waals surface area contributed by atoms with Crippen LogP contribution in [0.1, 0.15) is 37.7 Å². The van der Waals surface area contributed by atoms with Gasteiger partial charge in [0.25, 0.3) is 0 Å². The van der Waals surface area contributed by atoms with Gasteiger partial charge in [0.1, 0.15) is 0 Å². The molecular weight excluding hydrogens is 276 g/mol. The molecule has 2 aliphatic rings. The summed E-state index contributed by atoms with van der Waals surface area (Å²) < 4.78 is 10.8. The fourth-order valence-corrected chi connectivity index (χ4v) is 3.73. The molecular formula is C18H28N2O2. The molecule has 1 saturated heterocycles. The van der Waals surface area contributed by atoms with Gasteiger partial charge in [0.15, 0.2) is 11.5 Å². The molecule has 0 radical (unpaired) electrons. The molecule has 3 atom stereocenters. The van der Waals surface area contributed by atoms with E-state index in [1.807, 2.05) is 6.07 Å². The maximum atomic E-state index is 6.34. The lowest BCUT2D eigenvalue weighted by Crippen LogP contribution is -2.50. The summed E-state index contributed by atoms with van der Waals surface area (Å²) in [5.74, 6) is 2.96. The Morgan fingerprint density at radius 2 is 1.86 bits per heavy atom. The Kier molecular flexibility index (Phi) is 4.59. The van der Waals surface area contributed by atoms with E-state index < -0.39 is 0 Å². The minimum Gasteiger partial charge on any atom is -0.493 e. The van der Waals surface area contributed by atoms with Crippen molar-refractivity contribution in [3.05, 3.63) is 23.8 Å². The van der Waals surface area contributed by atoms with E-state index in [2.05, 4.69) is 24.0 Å². The van der Waals surface area contributed by atoms with Crippen LogP contribution in [-0.4, -0.2) is 44.3 Å². The molecule has 1 aromatic rings. The lowest BCUT2D eigenvalue weighted by atomic mass is 9.87. The van der Waals surface area contributed by atoms with Crippen LogP contribution in [0.5, 0.6) is 11.5 Å². The van der Waals surface area contributed by atoms with E-state index in [9.17, 15) is 0 Å². The van der Waals surface area contributed by atoms with E-state index in [4.69, 9.17) is 15.2 Å². The summed E-state index contributed by atoms with van der Waals surface area (Å²) in [4.78, 5) is 2.59. The number of hydrogen-bond donors (Lipinski definition) is 1. The molecule has 1 heterocycles. The quantitative estimate of drug-likeness (QED) is 0.908. The molecule has 3 rings (SSSR count). The maximum absolute atomic E-state index is 6.34. The summed E-state index contributed by atoms with van der Waals surface area (Å²) in [5, 5.41) is 0. The maximum Gasteiger partial charge on any atom is 0.160 e. The summed E-state index contributed by atoms with van der Waals surface area (Å²) >= 11 is 0. The smallest absolute Gasteiger partial charge is 0.160 e. The second-order valence-electron chi connectivity index (χ2n) is 6.84. The minimum absolute atomic E-state index is 0.257. The zero-order valence-corrected chi connectivity index (χ0v) is 13.9. The van der Waals surface area contributed by atoms with E-state index in [0.29, 0.717) is 12.0 Å². The molecule has 4 heteroatoms. The molecule has 0 aromatic heterocycles. The molecule has 122 valence electrons. The summed E-state index contributed by atoms with van der Waals surface area (Å²) in [6, 6.07) is 7.19. The monoisotopic (exact) mass is 304 g/mol. The zero-order chi connectivity index (χ0) is 15.7. The van der Waals surface area contributed by atoms with Crippen LogP contribution in [0, 0.1) is 5.92 Å². The van der Waals surface area contributed by atoms with Crippen LogP contribution in [0.4, 0.5) is 0 Å². The van der Waals surface area contributed by atoms with Gasteiger partial charge >= 0.3 is 0 Å². The number of rotatable bonds is 5. The standard InChI is InChI=1S/C18H28N2O2/c1-12(13-4-5-13)20-10-15(8-16(19)11-20)14-6-7-17(21-2)18(9-14)22-3/h6-7,9,12-13,15-16H,4-5,8,10-11,19H2,1-3H3. The van der Waals surface area contributed by atoms with Crippen molar-refractivity contribution in [3.8, 4) is 11.5 Å². The highest BCUT2D eigenvalue weighted by atomic mass is 16.5. The van der Waals surface area contributed by atoms with Crippen LogP contribution in [0.25, 0.3) is 0 Å². The average Bonchev–Trinajstić information content (AvgIpc) is 3.37. The van der Waals surface area contributed by atoms with Crippen LogP contribution in [-0.2, 0) is 0 Å². The van der Waals surface area contributed by atoms with Gasteiger partial charge < -0.3 is 15.2 Å². The summed E-state index contributed by atoms with van der Waals surface area (Å²) in [6.07, 6.45) is 3.81. The molecule has 0 spiro atoms. The van der Waals surface area contributed by atoms with Crippen molar-refractivity contribution in [1.29, 1.82) is 0 Å². The van der Waals surface area contributed by atoms with Gasteiger partial charge in [0, 0.05) is 25.2 Å². The lowest BCUT2D eigenvalue weighted by Gasteiger charge is -2.40. The highest BCUT2D eigenvalue weighted by molar-refractivity contribution is 5.44. The summed E-state index contributed by atoms with van der Waals surface area (Å²) in [7, 11) is 3.36. The number of ether oxygens (including phenoxy) is 2. The Hall–Kier alpha value is -1.26. The molecule has 1 aliphatic carbocycles. The molecule has 22 heavy (non-hydrogen) atoms. The highest BCUT2D eigenvalue weighted by Crippen LogP contribution is 2.39. The molecule has 1 aliphatic heterocycles. The van der Waals surface area contributed by atoms with Crippen molar-refractivity contribution < 1.29 is 9.47 Å². The van der Waals surface area contributed by atoms with Crippen LogP contribution >= 0.6 is 0 Å². The van der Waals surface area contributed by atoms with Crippen LogP contribution in [0.15, 0.2) is 18.2 Å². The SMILES string of the molecule is COc1ccc(C2CC(N)CN(C(C)C3CC3)C2)cc1OC. The number of piperidine rings is 1. The molecule has 1 aromatic carbocycles. The van der Waals surface area contributed by atoms with Crippen LogP contribution < -0.4 is 15.2 Å². The van der Waals surface area contributed by atoms with Gasteiger partial charge in [-0.25, -0.2) is 0 Å². The number of methoxy groups -OCH3 is 2. The Balaban J connectivity index is 1.77. The third kappa shape index (κ3) is 3.23. The van der Waals surface area contributed by atoms with E-state index >= 15 is 0 Å². The number of hydrogen-bond acceptors (Lipinski definition) is 4. The number of nitrogens with zero attached hydrogens (tertiary/aromatic N) is 1. The molecule has 3 unspecified atom stereocenters. The van der Waals surface area contributed by atoms with Gasteiger partial charge in [-0.05, 0) is 55.7 Å². The third-order valence-corrected chi connectivity index (χ3v) is 5.27. The van der Waals surface area contributed by atoms with E-state index in [-0.39, 0.29) is 6.04 Å². The predicted octanol–water partition coefficient (Wildman–Crippen LogP) is 2.62. The normalized spacial score (nSPS) is 27.5.